The summed E-state index contributed by atoms with van der Waals surface area (Å²) in [5.41, 5.74) is 1.65. The Morgan fingerprint density at radius 3 is 2.85 bits per heavy atom. The normalized spacial score (nSPS) is 30.5. The highest BCUT2D eigenvalue weighted by Crippen LogP contribution is 2.49. The second kappa shape index (κ2) is 6.02. The van der Waals surface area contributed by atoms with Crippen molar-refractivity contribution in [3.8, 4) is 0 Å². The number of hydrogen-bond donors (Lipinski definition) is 1. The van der Waals surface area contributed by atoms with Gasteiger partial charge in [0.15, 0.2) is 0 Å². The maximum absolute atomic E-state index is 12.9. The molecular formula is C21H22N4O. The molecule has 5 rings (SSSR count). The number of aromatic nitrogens is 1. The maximum atomic E-state index is 12.9. The number of carbonyl (C=O) groups is 1. The van der Waals surface area contributed by atoms with Crippen LogP contribution in [0.1, 0.15) is 24.0 Å². The Labute approximate surface area is 153 Å². The van der Waals surface area contributed by atoms with E-state index in [1.807, 2.05) is 42.6 Å². The molecule has 26 heavy (non-hydrogen) atoms. The molecule has 1 aromatic carbocycles. The van der Waals surface area contributed by atoms with E-state index < -0.39 is 5.54 Å². The van der Waals surface area contributed by atoms with Crippen LogP contribution in [0.25, 0.3) is 0 Å². The number of likely N-dealkylation sites (tertiary alicyclic amines) is 1. The minimum Gasteiger partial charge on any atom is -0.308 e. The molecule has 5 nitrogen and oxygen atoms in total. The molecule has 5 heteroatoms. The molecule has 0 unspecified atom stereocenters. The summed E-state index contributed by atoms with van der Waals surface area (Å²) >= 11 is 0. The van der Waals surface area contributed by atoms with Gasteiger partial charge in [-0.25, -0.2) is 0 Å². The van der Waals surface area contributed by atoms with Crippen molar-refractivity contribution in [3.05, 3.63) is 66.0 Å². The van der Waals surface area contributed by atoms with Gasteiger partial charge in [-0.2, -0.15) is 0 Å². The van der Waals surface area contributed by atoms with E-state index in [9.17, 15) is 4.79 Å². The van der Waals surface area contributed by atoms with Crippen LogP contribution in [-0.4, -0.2) is 40.3 Å². The first-order valence-electron chi connectivity index (χ1n) is 9.32. The standard InChI is InChI=1S/C21H22N4O/c26-20-21(24-19(23-20)16-6-2-1-3-7-16)9-8-17-13-25(14-18(17)21)12-15-5-4-10-22-11-15/h1-7,10-11,17-18H,8-9,12-14H2,(H,23,24,26)/t17-,18+,21-/m0/s1. The average molecular weight is 346 g/mol. The number of hydrogen-bond acceptors (Lipinski definition) is 4. The number of benzene rings is 1. The molecule has 1 amide bonds. The lowest BCUT2D eigenvalue weighted by atomic mass is 9.85. The third-order valence-electron chi connectivity index (χ3n) is 6.14. The van der Waals surface area contributed by atoms with Crippen LogP contribution in [0.15, 0.2) is 59.9 Å². The number of amides is 1. The zero-order valence-electron chi connectivity index (χ0n) is 14.6. The van der Waals surface area contributed by atoms with E-state index in [1.54, 1.807) is 6.20 Å². The molecule has 1 N–H and O–H groups in total. The lowest BCUT2D eigenvalue weighted by molar-refractivity contribution is -0.125. The summed E-state index contributed by atoms with van der Waals surface area (Å²) in [6.45, 7) is 2.87. The monoisotopic (exact) mass is 346 g/mol. The third kappa shape index (κ3) is 2.46. The van der Waals surface area contributed by atoms with E-state index in [4.69, 9.17) is 4.99 Å². The Morgan fingerprint density at radius 2 is 2.04 bits per heavy atom. The van der Waals surface area contributed by atoms with Gasteiger partial charge in [0.1, 0.15) is 11.4 Å². The Hall–Kier alpha value is -2.53. The summed E-state index contributed by atoms with van der Waals surface area (Å²) in [7, 11) is 0. The topological polar surface area (TPSA) is 57.6 Å². The SMILES string of the molecule is O=C1NC(c2ccccc2)=N[C@]12CC[C@H]1CN(Cc3cccnc3)C[C@H]12. The first-order valence-corrected chi connectivity index (χ1v) is 9.32. The van der Waals surface area contributed by atoms with E-state index in [-0.39, 0.29) is 5.91 Å². The Bertz CT molecular complexity index is 851. The van der Waals surface area contributed by atoms with Crippen molar-refractivity contribution in [2.75, 3.05) is 13.1 Å². The van der Waals surface area contributed by atoms with Crippen molar-refractivity contribution < 1.29 is 4.79 Å². The van der Waals surface area contributed by atoms with Crippen molar-refractivity contribution in [2.45, 2.75) is 24.9 Å². The van der Waals surface area contributed by atoms with Crippen LogP contribution >= 0.6 is 0 Å². The molecule has 1 saturated heterocycles. The molecule has 0 bridgehead atoms. The molecular weight excluding hydrogens is 324 g/mol. The van der Waals surface area contributed by atoms with Crippen LogP contribution in [0.3, 0.4) is 0 Å². The Kier molecular flexibility index (Phi) is 3.64. The molecule has 3 atom stereocenters. The Morgan fingerprint density at radius 1 is 1.15 bits per heavy atom. The fourth-order valence-corrected chi connectivity index (χ4v) is 4.91. The molecule has 0 radical (unpaired) electrons. The third-order valence-corrected chi connectivity index (χ3v) is 6.14. The fourth-order valence-electron chi connectivity index (χ4n) is 4.91. The van der Waals surface area contributed by atoms with Gasteiger partial charge in [0.2, 0.25) is 0 Å². The number of pyridine rings is 1. The number of carbonyl (C=O) groups excluding carboxylic acids is 1. The molecule has 3 heterocycles. The summed E-state index contributed by atoms with van der Waals surface area (Å²) < 4.78 is 0. The van der Waals surface area contributed by atoms with Crippen molar-refractivity contribution in [2.24, 2.45) is 16.8 Å². The lowest BCUT2D eigenvalue weighted by Gasteiger charge is -2.25. The van der Waals surface area contributed by atoms with Crippen molar-refractivity contribution in [3.63, 3.8) is 0 Å². The van der Waals surface area contributed by atoms with Gasteiger partial charge >= 0.3 is 0 Å². The van der Waals surface area contributed by atoms with Crippen molar-refractivity contribution >= 4 is 11.7 Å². The van der Waals surface area contributed by atoms with Gasteiger partial charge in [-0.15, -0.1) is 0 Å². The molecule has 1 spiro atoms. The highest BCUT2D eigenvalue weighted by Gasteiger charge is 2.59. The van der Waals surface area contributed by atoms with Gasteiger partial charge < -0.3 is 5.32 Å². The van der Waals surface area contributed by atoms with Gasteiger partial charge in [-0.1, -0.05) is 36.4 Å². The smallest absolute Gasteiger partial charge is 0.253 e. The van der Waals surface area contributed by atoms with E-state index >= 15 is 0 Å². The molecule has 1 aliphatic carbocycles. The molecule has 3 aliphatic rings. The summed E-state index contributed by atoms with van der Waals surface area (Å²) in [6.07, 6.45) is 5.68. The minimum absolute atomic E-state index is 0.0899. The number of nitrogens with zero attached hydrogens (tertiary/aromatic N) is 3. The second-order valence-electron chi connectivity index (χ2n) is 7.67. The van der Waals surface area contributed by atoms with Crippen LogP contribution in [-0.2, 0) is 11.3 Å². The predicted molar refractivity (Wildman–Crippen MR) is 99.6 cm³/mol. The van der Waals surface area contributed by atoms with Gasteiger partial charge in [0.25, 0.3) is 5.91 Å². The quantitative estimate of drug-likeness (QED) is 0.927. The molecule has 2 fully saturated rings. The number of amidine groups is 1. The molecule has 1 saturated carbocycles. The zero-order valence-corrected chi connectivity index (χ0v) is 14.6. The largest absolute Gasteiger partial charge is 0.308 e. The van der Waals surface area contributed by atoms with Crippen LogP contribution < -0.4 is 5.32 Å². The minimum atomic E-state index is -0.570. The molecule has 1 aromatic heterocycles. The highest BCUT2D eigenvalue weighted by atomic mass is 16.2. The molecule has 2 aliphatic heterocycles. The van der Waals surface area contributed by atoms with Crippen molar-refractivity contribution in [1.29, 1.82) is 0 Å². The summed E-state index contributed by atoms with van der Waals surface area (Å²) in [5, 5.41) is 3.06. The van der Waals surface area contributed by atoms with E-state index in [2.05, 4.69) is 21.3 Å². The summed E-state index contributed by atoms with van der Waals surface area (Å²) in [5.74, 6) is 1.69. The first-order chi connectivity index (χ1) is 12.7. The zero-order chi connectivity index (χ0) is 17.6. The number of rotatable bonds is 3. The first kappa shape index (κ1) is 15.7. The maximum Gasteiger partial charge on any atom is 0.253 e. The van der Waals surface area contributed by atoms with Gasteiger partial charge in [-0.3, -0.25) is 19.7 Å². The second-order valence-corrected chi connectivity index (χ2v) is 7.67. The molecule has 2 aromatic rings. The van der Waals surface area contributed by atoms with Crippen LogP contribution in [0.4, 0.5) is 0 Å². The molecule has 132 valence electrons. The van der Waals surface area contributed by atoms with E-state index in [0.717, 1.165) is 43.9 Å². The van der Waals surface area contributed by atoms with Gasteiger partial charge in [0, 0.05) is 43.5 Å². The predicted octanol–water partition coefficient (Wildman–Crippen LogP) is 2.24. The van der Waals surface area contributed by atoms with Crippen molar-refractivity contribution in [1.82, 2.24) is 15.2 Å². The number of fused-ring (bicyclic) bond motifs is 2. The summed E-state index contributed by atoms with van der Waals surface area (Å²) in [4.78, 5) is 24.6. The lowest BCUT2D eigenvalue weighted by Crippen LogP contribution is -2.44. The van der Waals surface area contributed by atoms with Crippen LogP contribution in [0, 0.1) is 11.8 Å². The Balaban J connectivity index is 1.39. The van der Waals surface area contributed by atoms with Gasteiger partial charge in [0.05, 0.1) is 0 Å². The summed E-state index contributed by atoms with van der Waals surface area (Å²) in [6, 6.07) is 14.1. The van der Waals surface area contributed by atoms with Crippen LogP contribution in [0.2, 0.25) is 0 Å². The number of nitrogens with one attached hydrogen (secondary N) is 1. The number of aliphatic imine (C=N–C) groups is 1. The fraction of sp³-hybridized carbons (Fsp3) is 0.381. The van der Waals surface area contributed by atoms with Crippen LogP contribution in [0.5, 0.6) is 0 Å². The average Bonchev–Trinajstić information content (AvgIpc) is 3.33. The van der Waals surface area contributed by atoms with Gasteiger partial charge in [-0.05, 0) is 30.4 Å². The highest BCUT2D eigenvalue weighted by molar-refractivity contribution is 6.15. The van der Waals surface area contributed by atoms with E-state index in [1.165, 1.54) is 5.56 Å². The van der Waals surface area contributed by atoms with E-state index in [0.29, 0.717) is 11.8 Å².